The van der Waals surface area contributed by atoms with Crippen LogP contribution in [0.25, 0.3) is 0 Å². The van der Waals surface area contributed by atoms with E-state index in [1.165, 1.54) is 26.4 Å². The minimum absolute atomic E-state index is 0.0972. The summed E-state index contributed by atoms with van der Waals surface area (Å²) < 4.78 is 36.8. The van der Waals surface area contributed by atoms with E-state index in [0.717, 1.165) is 6.21 Å². The molecule has 0 radical (unpaired) electrons. The average Bonchev–Trinajstić information content (AvgIpc) is 2.46. The highest BCUT2D eigenvalue weighted by molar-refractivity contribution is 7.94. The summed E-state index contributed by atoms with van der Waals surface area (Å²) in [6, 6.07) is 3.59. The zero-order valence-electron chi connectivity index (χ0n) is 11.7. The molecule has 1 aromatic carbocycles. The second-order valence-corrected chi connectivity index (χ2v) is 6.01. The fourth-order valence-corrected chi connectivity index (χ4v) is 2.90. The predicted octanol–water partition coefficient (Wildman–Crippen LogP) is 0.135. The number of hydrogen-bond donors (Lipinski definition) is 2. The van der Waals surface area contributed by atoms with Gasteiger partial charge in [0.25, 0.3) is 5.91 Å². The molecule has 0 aromatic heterocycles. The standard InChI is InChI=1S/C12H13N3O6S/c1-20-7-3-4-9(21-2)8(5-7)15-22(18,19)10-6-13-12(17)14-11(10)16/h3-6,10,15H,1-2H3,(H,14,16,17). The molecule has 3 amide bonds. The zero-order chi connectivity index (χ0) is 16.3. The van der Waals surface area contributed by atoms with Gasteiger partial charge in [-0.2, -0.15) is 0 Å². The number of amides is 3. The second-order valence-electron chi connectivity index (χ2n) is 4.21. The molecule has 1 unspecified atom stereocenters. The van der Waals surface area contributed by atoms with Gasteiger partial charge in [0.2, 0.25) is 10.0 Å². The Morgan fingerprint density at radius 3 is 2.55 bits per heavy atom. The van der Waals surface area contributed by atoms with Crippen molar-refractivity contribution in [2.24, 2.45) is 4.99 Å². The Kier molecular flexibility index (Phi) is 4.31. The lowest BCUT2D eigenvalue weighted by Gasteiger charge is -2.18. The molecule has 22 heavy (non-hydrogen) atoms. The molecule has 0 spiro atoms. The number of anilines is 1. The SMILES string of the molecule is COc1ccc(OC)c(NS(=O)(=O)C2C=NC(=O)NC2=O)c1. The predicted molar refractivity (Wildman–Crippen MR) is 77.9 cm³/mol. The Morgan fingerprint density at radius 1 is 1.23 bits per heavy atom. The number of nitrogens with zero attached hydrogens (tertiary/aromatic N) is 1. The number of rotatable bonds is 5. The van der Waals surface area contributed by atoms with Crippen LogP contribution in [0.4, 0.5) is 10.5 Å². The maximum atomic E-state index is 12.3. The molecule has 10 heteroatoms. The van der Waals surface area contributed by atoms with E-state index in [1.54, 1.807) is 6.07 Å². The molecular weight excluding hydrogens is 314 g/mol. The summed E-state index contributed by atoms with van der Waals surface area (Å²) in [6.07, 6.45) is 0.774. The number of carbonyl (C=O) groups is 2. The van der Waals surface area contributed by atoms with Crippen LogP contribution in [0.15, 0.2) is 23.2 Å². The summed E-state index contributed by atoms with van der Waals surface area (Å²) in [4.78, 5) is 25.8. The van der Waals surface area contributed by atoms with Gasteiger partial charge in [0.05, 0.1) is 19.9 Å². The van der Waals surface area contributed by atoms with Crippen LogP contribution < -0.4 is 19.5 Å². The highest BCUT2D eigenvalue weighted by Gasteiger charge is 2.35. The quantitative estimate of drug-likeness (QED) is 0.792. The number of nitrogens with one attached hydrogen (secondary N) is 2. The molecule has 2 rings (SSSR count). The lowest BCUT2D eigenvalue weighted by molar-refractivity contribution is -0.118. The lowest BCUT2D eigenvalue weighted by atomic mass is 10.3. The van der Waals surface area contributed by atoms with Crippen LogP contribution in [0.1, 0.15) is 0 Å². The van der Waals surface area contributed by atoms with E-state index in [-0.39, 0.29) is 11.4 Å². The number of methoxy groups -OCH3 is 2. The first-order valence-electron chi connectivity index (χ1n) is 6.00. The molecular formula is C12H13N3O6S. The van der Waals surface area contributed by atoms with Gasteiger partial charge in [-0.05, 0) is 12.1 Å². The molecule has 1 atom stereocenters. The molecule has 0 saturated heterocycles. The van der Waals surface area contributed by atoms with E-state index < -0.39 is 27.2 Å². The van der Waals surface area contributed by atoms with E-state index in [1.807, 2.05) is 5.32 Å². The third kappa shape index (κ3) is 3.17. The minimum atomic E-state index is -4.17. The minimum Gasteiger partial charge on any atom is -0.497 e. The van der Waals surface area contributed by atoms with Gasteiger partial charge in [0, 0.05) is 12.3 Å². The Balaban J connectivity index is 2.35. The largest absolute Gasteiger partial charge is 0.497 e. The van der Waals surface area contributed by atoms with Crippen molar-refractivity contribution in [2.45, 2.75) is 5.25 Å². The smallest absolute Gasteiger partial charge is 0.347 e. The molecule has 1 aromatic rings. The second kappa shape index (κ2) is 6.02. The number of urea groups is 1. The van der Waals surface area contributed by atoms with Gasteiger partial charge in [-0.3, -0.25) is 14.8 Å². The zero-order valence-corrected chi connectivity index (χ0v) is 12.5. The maximum absolute atomic E-state index is 12.3. The molecule has 0 saturated carbocycles. The van der Waals surface area contributed by atoms with E-state index in [2.05, 4.69) is 9.71 Å². The topological polar surface area (TPSA) is 123 Å². The lowest BCUT2D eigenvalue weighted by Crippen LogP contribution is -2.48. The molecule has 1 aliphatic heterocycles. The van der Waals surface area contributed by atoms with Crippen LogP contribution in [0.3, 0.4) is 0 Å². The Hall–Kier alpha value is -2.62. The first kappa shape index (κ1) is 15.8. The molecule has 0 bridgehead atoms. The fourth-order valence-electron chi connectivity index (χ4n) is 1.74. The first-order chi connectivity index (χ1) is 10.4. The number of sulfonamides is 1. The van der Waals surface area contributed by atoms with E-state index >= 15 is 0 Å². The van der Waals surface area contributed by atoms with Crippen molar-refractivity contribution in [3.05, 3.63) is 18.2 Å². The molecule has 118 valence electrons. The van der Waals surface area contributed by atoms with Crippen molar-refractivity contribution in [2.75, 3.05) is 18.9 Å². The molecule has 9 nitrogen and oxygen atoms in total. The fraction of sp³-hybridized carbons (Fsp3) is 0.250. The number of aliphatic imine (C=N–C) groups is 1. The summed E-state index contributed by atoms with van der Waals surface area (Å²) >= 11 is 0. The summed E-state index contributed by atoms with van der Waals surface area (Å²) in [5.41, 5.74) is 0.0972. The highest BCUT2D eigenvalue weighted by atomic mass is 32.2. The van der Waals surface area contributed by atoms with Crippen LogP contribution >= 0.6 is 0 Å². The monoisotopic (exact) mass is 327 g/mol. The van der Waals surface area contributed by atoms with Gasteiger partial charge in [-0.25, -0.2) is 18.2 Å². The van der Waals surface area contributed by atoms with Crippen molar-refractivity contribution in [3.8, 4) is 11.5 Å². The van der Waals surface area contributed by atoms with E-state index in [4.69, 9.17) is 9.47 Å². The van der Waals surface area contributed by atoms with Gasteiger partial charge in [0.1, 0.15) is 11.5 Å². The van der Waals surface area contributed by atoms with Gasteiger partial charge in [0.15, 0.2) is 5.25 Å². The number of carbonyl (C=O) groups excluding carboxylic acids is 2. The van der Waals surface area contributed by atoms with Gasteiger partial charge < -0.3 is 9.47 Å². The molecule has 1 heterocycles. The van der Waals surface area contributed by atoms with Crippen molar-refractivity contribution < 1.29 is 27.5 Å². The Bertz CT molecular complexity index is 743. The van der Waals surface area contributed by atoms with Crippen LogP contribution in [-0.2, 0) is 14.8 Å². The Labute approximate surface area is 126 Å². The van der Waals surface area contributed by atoms with Crippen molar-refractivity contribution >= 4 is 33.9 Å². The maximum Gasteiger partial charge on any atom is 0.347 e. The van der Waals surface area contributed by atoms with Crippen LogP contribution in [0, 0.1) is 0 Å². The van der Waals surface area contributed by atoms with E-state index in [0.29, 0.717) is 5.75 Å². The average molecular weight is 327 g/mol. The highest BCUT2D eigenvalue weighted by Crippen LogP contribution is 2.30. The number of imide groups is 1. The third-order valence-corrected chi connectivity index (χ3v) is 4.32. The molecule has 0 fully saturated rings. The summed E-state index contributed by atoms with van der Waals surface area (Å²) in [5, 5.41) is 0.198. The van der Waals surface area contributed by atoms with Crippen LogP contribution in [0.2, 0.25) is 0 Å². The molecule has 2 N–H and O–H groups in total. The third-order valence-electron chi connectivity index (χ3n) is 2.81. The molecule has 1 aliphatic rings. The summed E-state index contributed by atoms with van der Waals surface area (Å²) in [5.74, 6) is -0.335. The van der Waals surface area contributed by atoms with Crippen molar-refractivity contribution in [1.29, 1.82) is 0 Å². The summed E-state index contributed by atoms with van der Waals surface area (Å²) in [6.45, 7) is 0. The van der Waals surface area contributed by atoms with Crippen molar-refractivity contribution in [1.82, 2.24) is 5.32 Å². The first-order valence-corrected chi connectivity index (χ1v) is 7.54. The van der Waals surface area contributed by atoms with Crippen LogP contribution in [-0.4, -0.2) is 46.0 Å². The molecule has 0 aliphatic carbocycles. The van der Waals surface area contributed by atoms with E-state index in [9.17, 15) is 18.0 Å². The number of hydrogen-bond acceptors (Lipinski definition) is 6. The van der Waals surface area contributed by atoms with Crippen molar-refractivity contribution in [3.63, 3.8) is 0 Å². The Morgan fingerprint density at radius 2 is 1.95 bits per heavy atom. The summed E-state index contributed by atoms with van der Waals surface area (Å²) in [7, 11) is -1.37. The number of ether oxygens (including phenoxy) is 2. The number of benzene rings is 1. The van der Waals surface area contributed by atoms with Gasteiger partial charge in [-0.1, -0.05) is 0 Å². The van der Waals surface area contributed by atoms with Gasteiger partial charge >= 0.3 is 6.03 Å². The normalized spacial score (nSPS) is 17.8. The van der Waals surface area contributed by atoms with Gasteiger partial charge in [-0.15, -0.1) is 0 Å². The van der Waals surface area contributed by atoms with Crippen LogP contribution in [0.5, 0.6) is 11.5 Å².